The quantitative estimate of drug-likeness (QED) is 0.419. The monoisotopic (exact) mass is 212 g/mol. The highest BCUT2D eigenvalue weighted by molar-refractivity contribution is 9.02. The molecule has 0 radical (unpaired) electrons. The summed E-state index contributed by atoms with van der Waals surface area (Å²) in [5.74, 6) is 0. The lowest BCUT2D eigenvalue weighted by Gasteiger charge is -1.87. The first-order chi connectivity index (χ1) is 3.71. The molecule has 0 unspecified atom stereocenters. The Hall–Kier alpha value is 0.130. The van der Waals surface area contributed by atoms with Gasteiger partial charge < -0.3 is 5.48 Å². The molecule has 0 rings (SSSR count). The molecule has 0 saturated heterocycles. The van der Waals surface area contributed by atoms with Crippen LogP contribution < -0.4 is 0 Å². The van der Waals surface area contributed by atoms with Gasteiger partial charge in [-0.2, -0.15) is 16.8 Å². The topological polar surface area (TPSA) is 140 Å². The predicted molar refractivity (Wildman–Crippen MR) is 34.3 cm³/mol. The van der Waals surface area contributed by atoms with Gasteiger partial charge in [0.05, 0.1) is 0 Å². The summed E-state index contributed by atoms with van der Waals surface area (Å²) in [6.45, 7) is 0. The van der Waals surface area contributed by atoms with Crippen LogP contribution in [0.1, 0.15) is 0 Å². The van der Waals surface area contributed by atoms with E-state index in [-0.39, 0.29) is 5.48 Å². The maximum absolute atomic E-state index is 9.63. The van der Waals surface area contributed by atoms with Crippen LogP contribution in [0, 0.1) is 0 Å². The van der Waals surface area contributed by atoms with Crippen molar-refractivity contribution in [2.75, 3.05) is 0 Å². The minimum Gasteiger partial charge on any atom is -0.412 e. The Morgan fingerprint density at radius 3 is 1.10 bits per heavy atom. The fourth-order valence-electron chi connectivity index (χ4n) is 0.109. The summed E-state index contributed by atoms with van der Waals surface area (Å²) in [7, 11) is -10.3. The zero-order valence-corrected chi connectivity index (χ0v) is 6.70. The van der Waals surface area contributed by atoms with E-state index in [4.69, 9.17) is 9.11 Å². The second-order valence-electron chi connectivity index (χ2n) is 0.924. The summed E-state index contributed by atoms with van der Waals surface area (Å²) in [5, 5.41) is 0. The maximum Gasteiger partial charge on any atom is 0.336 e. The van der Waals surface area contributed by atoms with E-state index < -0.39 is 28.1 Å². The van der Waals surface area contributed by atoms with Gasteiger partial charge in [0.25, 0.3) is 0 Å². The normalized spacial score (nSPS) is 12.2. The largest absolute Gasteiger partial charge is 0.412 e. The van der Waals surface area contributed by atoms with E-state index in [1.54, 1.807) is 0 Å². The molecular formula is H4O7S3. The fourth-order valence-corrected chi connectivity index (χ4v) is 2.93. The van der Waals surface area contributed by atoms with Crippen molar-refractivity contribution in [3.63, 3.8) is 0 Å². The third-order valence-corrected chi connectivity index (χ3v) is 4.64. The SMILES string of the molecule is O.O=S(=O)(O)SS(=O)(=O)O. The second-order valence-corrected chi connectivity index (χ2v) is 6.93. The number of hydrogen-bond donors (Lipinski definition) is 2. The van der Waals surface area contributed by atoms with Gasteiger partial charge in [0.1, 0.15) is 0 Å². The molecule has 0 aliphatic rings. The van der Waals surface area contributed by atoms with Crippen LogP contribution in [-0.4, -0.2) is 31.4 Å². The third kappa shape index (κ3) is 11.0. The van der Waals surface area contributed by atoms with Gasteiger partial charge in [0.15, 0.2) is 9.83 Å². The van der Waals surface area contributed by atoms with Crippen molar-refractivity contribution >= 4 is 28.1 Å². The lowest BCUT2D eigenvalue weighted by atomic mass is 15.9. The second kappa shape index (κ2) is 3.50. The Labute approximate surface area is 60.0 Å². The van der Waals surface area contributed by atoms with E-state index in [1.165, 1.54) is 0 Å². The molecular weight excluding hydrogens is 208 g/mol. The predicted octanol–water partition coefficient (Wildman–Crippen LogP) is -1.50. The van der Waals surface area contributed by atoms with Gasteiger partial charge >= 0.3 is 18.3 Å². The molecule has 0 aromatic rings. The van der Waals surface area contributed by atoms with Crippen molar-refractivity contribution in [3.8, 4) is 0 Å². The molecule has 64 valence electrons. The third-order valence-electron chi connectivity index (χ3n) is 0.172. The molecule has 0 fully saturated rings. The Balaban J connectivity index is 0. The highest BCUT2D eigenvalue weighted by Crippen LogP contribution is 2.15. The smallest absolute Gasteiger partial charge is 0.336 e. The van der Waals surface area contributed by atoms with Crippen molar-refractivity contribution in [1.29, 1.82) is 0 Å². The standard InChI is InChI=1S/H2O6S3.H2O/c1-8(2,3)7-9(4,5)6;/h(H,1,2,3)(H,4,5,6);1H2. The highest BCUT2D eigenvalue weighted by atomic mass is 33.5. The molecule has 0 atom stereocenters. The Kier molecular flexibility index (Phi) is 4.47. The Bertz CT molecular complexity index is 234. The summed E-state index contributed by atoms with van der Waals surface area (Å²) in [5.41, 5.74) is 0. The van der Waals surface area contributed by atoms with Crippen LogP contribution >= 0.6 is 9.83 Å². The summed E-state index contributed by atoms with van der Waals surface area (Å²) >= 11 is 0. The van der Waals surface area contributed by atoms with Gasteiger partial charge in [-0.3, -0.25) is 9.11 Å². The van der Waals surface area contributed by atoms with Gasteiger partial charge in [0, 0.05) is 0 Å². The van der Waals surface area contributed by atoms with E-state index in [0.29, 0.717) is 0 Å². The molecule has 0 heterocycles. The average molecular weight is 212 g/mol. The van der Waals surface area contributed by atoms with Crippen molar-refractivity contribution in [2.45, 2.75) is 0 Å². The lowest BCUT2D eigenvalue weighted by molar-refractivity contribution is 0.499. The molecule has 0 saturated carbocycles. The van der Waals surface area contributed by atoms with Crippen LogP contribution in [0.4, 0.5) is 0 Å². The molecule has 0 spiro atoms. The van der Waals surface area contributed by atoms with Crippen molar-refractivity contribution in [2.24, 2.45) is 0 Å². The molecule has 10 heavy (non-hydrogen) atoms. The molecule has 10 heteroatoms. The van der Waals surface area contributed by atoms with E-state index in [1.807, 2.05) is 0 Å². The van der Waals surface area contributed by atoms with E-state index in [2.05, 4.69) is 0 Å². The molecule has 0 aliphatic heterocycles. The highest BCUT2D eigenvalue weighted by Gasteiger charge is 2.17. The van der Waals surface area contributed by atoms with Gasteiger partial charge in [-0.05, 0) is 0 Å². The van der Waals surface area contributed by atoms with Crippen molar-refractivity contribution < 1.29 is 31.4 Å². The van der Waals surface area contributed by atoms with E-state index in [9.17, 15) is 16.8 Å². The molecule has 7 nitrogen and oxygen atoms in total. The Morgan fingerprint density at radius 2 is 1.10 bits per heavy atom. The van der Waals surface area contributed by atoms with Gasteiger partial charge in [-0.15, -0.1) is 0 Å². The molecule has 0 aromatic carbocycles. The number of rotatable bonds is 2. The van der Waals surface area contributed by atoms with Gasteiger partial charge in [-0.1, -0.05) is 0 Å². The molecule has 0 aliphatic carbocycles. The first-order valence-corrected chi connectivity index (χ1v) is 6.10. The summed E-state index contributed by atoms with van der Waals surface area (Å²) in [6.07, 6.45) is 0. The fraction of sp³-hybridized carbons (Fsp3) is 0. The van der Waals surface area contributed by atoms with Crippen LogP contribution in [0.5, 0.6) is 0 Å². The van der Waals surface area contributed by atoms with Crippen LogP contribution in [0.2, 0.25) is 0 Å². The first-order valence-electron chi connectivity index (χ1n) is 1.37. The minimum atomic E-state index is -4.70. The molecule has 0 bridgehead atoms. The molecule has 0 amide bonds. The van der Waals surface area contributed by atoms with Crippen LogP contribution in [-0.2, 0) is 18.3 Å². The number of hydrogen-bond acceptors (Lipinski definition) is 5. The average Bonchev–Trinajstić information content (AvgIpc) is 1.14. The zero-order valence-electron chi connectivity index (χ0n) is 4.25. The first kappa shape index (κ1) is 12.8. The van der Waals surface area contributed by atoms with E-state index in [0.717, 1.165) is 0 Å². The maximum atomic E-state index is 9.63. The summed E-state index contributed by atoms with van der Waals surface area (Å²) < 4.78 is 54.0. The van der Waals surface area contributed by atoms with E-state index >= 15 is 0 Å². The molecule has 0 aromatic heterocycles. The van der Waals surface area contributed by atoms with Crippen LogP contribution in [0.15, 0.2) is 0 Å². The van der Waals surface area contributed by atoms with Crippen molar-refractivity contribution in [3.05, 3.63) is 0 Å². The van der Waals surface area contributed by atoms with Gasteiger partial charge in [0.2, 0.25) is 0 Å². The Morgan fingerprint density at radius 1 is 0.900 bits per heavy atom. The van der Waals surface area contributed by atoms with Crippen LogP contribution in [0.3, 0.4) is 0 Å². The van der Waals surface area contributed by atoms with Crippen LogP contribution in [0.25, 0.3) is 0 Å². The lowest BCUT2D eigenvalue weighted by Crippen LogP contribution is -1.97. The summed E-state index contributed by atoms with van der Waals surface area (Å²) in [6, 6.07) is 0. The van der Waals surface area contributed by atoms with Gasteiger partial charge in [-0.25, -0.2) is 0 Å². The van der Waals surface area contributed by atoms with Crippen molar-refractivity contribution in [1.82, 2.24) is 0 Å². The summed E-state index contributed by atoms with van der Waals surface area (Å²) in [4.78, 5) is 0. The molecule has 4 N–H and O–H groups in total. The minimum absolute atomic E-state index is 0. The zero-order chi connectivity index (χ0) is 7.71.